The molecule has 0 unspecified atom stereocenters. The second kappa shape index (κ2) is 7.77. The summed E-state index contributed by atoms with van der Waals surface area (Å²) in [5.41, 5.74) is 4.05. The van der Waals surface area contributed by atoms with E-state index >= 15 is 0 Å². The number of carbonyl (C=O) groups is 2. The van der Waals surface area contributed by atoms with Crippen LogP contribution in [0.2, 0.25) is 0 Å². The van der Waals surface area contributed by atoms with Crippen LogP contribution < -0.4 is 10.6 Å². The van der Waals surface area contributed by atoms with Gasteiger partial charge in [-0.15, -0.1) is 11.3 Å². The highest BCUT2D eigenvalue weighted by atomic mass is 79.9. The Morgan fingerprint density at radius 1 is 1.23 bits per heavy atom. The van der Waals surface area contributed by atoms with Crippen molar-refractivity contribution in [1.82, 2.24) is 4.98 Å². The summed E-state index contributed by atoms with van der Waals surface area (Å²) in [6.45, 7) is 0. The monoisotopic (exact) mass is 480 g/mol. The largest absolute Gasteiger partial charge is 0.320 e. The first-order valence-electron chi connectivity index (χ1n) is 9.66. The number of nitrogens with zero attached hydrogens (tertiary/aromatic N) is 2. The van der Waals surface area contributed by atoms with Crippen LogP contribution in [0.25, 0.3) is 0 Å². The van der Waals surface area contributed by atoms with Gasteiger partial charge in [0.05, 0.1) is 23.1 Å². The fourth-order valence-corrected chi connectivity index (χ4v) is 5.46. The van der Waals surface area contributed by atoms with Gasteiger partial charge in [0, 0.05) is 21.1 Å². The van der Waals surface area contributed by atoms with E-state index in [0.717, 1.165) is 47.0 Å². The Hall–Kier alpha value is -2.84. The zero-order valence-electron chi connectivity index (χ0n) is 15.9. The molecule has 6 nitrogen and oxygen atoms in total. The van der Waals surface area contributed by atoms with Gasteiger partial charge in [0.1, 0.15) is 10.7 Å². The highest BCUT2D eigenvalue weighted by Gasteiger charge is 2.30. The highest BCUT2D eigenvalue weighted by molar-refractivity contribution is 9.10. The van der Waals surface area contributed by atoms with Gasteiger partial charge in [0.15, 0.2) is 0 Å². The first-order chi connectivity index (χ1) is 14.6. The normalized spacial score (nSPS) is 16.2. The number of pyridine rings is 1. The Morgan fingerprint density at radius 3 is 2.93 bits per heavy atom. The lowest BCUT2D eigenvalue weighted by Crippen LogP contribution is -2.16. The molecule has 0 fully saturated rings. The summed E-state index contributed by atoms with van der Waals surface area (Å²) in [6, 6.07) is 9.16. The molecule has 0 bridgehead atoms. The van der Waals surface area contributed by atoms with Crippen LogP contribution >= 0.6 is 27.3 Å². The number of amides is 2. The van der Waals surface area contributed by atoms with Crippen LogP contribution in [0.15, 0.2) is 52.2 Å². The van der Waals surface area contributed by atoms with E-state index < -0.39 is 0 Å². The number of rotatable bonds is 3. The topological polar surface area (TPSA) is 83.5 Å². The summed E-state index contributed by atoms with van der Waals surface area (Å²) in [7, 11) is 0. The van der Waals surface area contributed by atoms with Gasteiger partial charge in [-0.2, -0.15) is 0 Å². The van der Waals surface area contributed by atoms with E-state index in [4.69, 9.17) is 4.99 Å². The number of thiophene rings is 1. The van der Waals surface area contributed by atoms with Crippen molar-refractivity contribution in [3.63, 3.8) is 0 Å². The average molecular weight is 481 g/mol. The van der Waals surface area contributed by atoms with Gasteiger partial charge in [0.2, 0.25) is 0 Å². The van der Waals surface area contributed by atoms with Crippen LogP contribution in [0, 0.1) is 0 Å². The summed E-state index contributed by atoms with van der Waals surface area (Å²) in [4.78, 5) is 35.8. The lowest BCUT2D eigenvalue weighted by Gasteiger charge is -2.12. The maximum absolute atomic E-state index is 13.2. The number of anilines is 2. The fraction of sp³-hybridized carbons (Fsp3) is 0.182. The molecule has 0 saturated carbocycles. The predicted octanol–water partition coefficient (Wildman–Crippen LogP) is 5.11. The minimum atomic E-state index is -0.256. The molecule has 3 heterocycles. The van der Waals surface area contributed by atoms with Crippen molar-refractivity contribution in [2.45, 2.75) is 25.7 Å². The Balaban J connectivity index is 1.60. The summed E-state index contributed by atoms with van der Waals surface area (Å²) in [5, 5.41) is 6.36. The maximum atomic E-state index is 13.2. The van der Waals surface area contributed by atoms with Crippen LogP contribution in [-0.4, -0.2) is 22.5 Å². The third-order valence-electron chi connectivity index (χ3n) is 5.21. The van der Waals surface area contributed by atoms with E-state index in [2.05, 4.69) is 31.5 Å². The molecule has 0 radical (unpaired) electrons. The van der Waals surface area contributed by atoms with Crippen LogP contribution in [0.5, 0.6) is 0 Å². The minimum absolute atomic E-state index is 0.213. The molecule has 0 saturated heterocycles. The molecule has 2 N–H and O–H groups in total. The standard InChI is InChI=1S/C22H17BrN4O2S/c23-12-7-8-16-15(10-12)19(21(29)26-16)27-22-18(14-5-1-2-6-17(14)30-22)20(28)25-13-4-3-9-24-11-13/h3-4,7-11H,1-2,5-6H2,(H,25,28)(H,26,27,29). The van der Waals surface area contributed by atoms with E-state index in [1.807, 2.05) is 18.2 Å². The first-order valence-corrected chi connectivity index (χ1v) is 11.3. The van der Waals surface area contributed by atoms with Crippen LogP contribution in [0.1, 0.15) is 39.2 Å². The number of carbonyl (C=O) groups excluding carboxylic acids is 2. The van der Waals surface area contributed by atoms with Crippen molar-refractivity contribution < 1.29 is 9.59 Å². The highest BCUT2D eigenvalue weighted by Crippen LogP contribution is 2.41. The third-order valence-corrected chi connectivity index (χ3v) is 6.89. The quantitative estimate of drug-likeness (QED) is 0.546. The fourth-order valence-electron chi connectivity index (χ4n) is 3.83. The zero-order valence-corrected chi connectivity index (χ0v) is 18.3. The van der Waals surface area contributed by atoms with Crippen molar-refractivity contribution >= 4 is 61.2 Å². The molecule has 8 heteroatoms. The van der Waals surface area contributed by atoms with E-state index in [1.54, 1.807) is 24.5 Å². The van der Waals surface area contributed by atoms with Gasteiger partial charge in [-0.25, -0.2) is 4.99 Å². The third kappa shape index (κ3) is 3.46. The number of aryl methyl sites for hydroxylation is 1. The molecule has 1 aliphatic heterocycles. The minimum Gasteiger partial charge on any atom is -0.320 e. The second-order valence-corrected chi connectivity index (χ2v) is 9.19. The molecule has 3 aromatic rings. The molecular weight excluding hydrogens is 464 g/mol. The van der Waals surface area contributed by atoms with Crippen LogP contribution in [-0.2, 0) is 17.6 Å². The molecule has 150 valence electrons. The van der Waals surface area contributed by atoms with Crippen molar-refractivity contribution in [2.75, 3.05) is 10.6 Å². The second-order valence-electron chi connectivity index (χ2n) is 7.19. The average Bonchev–Trinajstić information content (AvgIpc) is 3.26. The van der Waals surface area contributed by atoms with Crippen molar-refractivity contribution in [1.29, 1.82) is 0 Å². The zero-order chi connectivity index (χ0) is 20.7. The molecule has 0 atom stereocenters. The maximum Gasteiger partial charge on any atom is 0.275 e. The van der Waals surface area contributed by atoms with Gasteiger partial charge in [0.25, 0.3) is 11.8 Å². The number of aromatic nitrogens is 1. The van der Waals surface area contributed by atoms with Gasteiger partial charge in [-0.05, 0) is 61.6 Å². The van der Waals surface area contributed by atoms with Gasteiger partial charge >= 0.3 is 0 Å². The first kappa shape index (κ1) is 19.1. The van der Waals surface area contributed by atoms with E-state index in [9.17, 15) is 9.59 Å². The molecule has 30 heavy (non-hydrogen) atoms. The SMILES string of the molecule is O=C1Nc2ccc(Br)cc2C1=Nc1sc2c(c1C(=O)Nc1cccnc1)CCCC2. The number of fused-ring (bicyclic) bond motifs is 2. The van der Waals surface area contributed by atoms with E-state index in [-0.39, 0.29) is 11.8 Å². The van der Waals surface area contributed by atoms with Crippen molar-refractivity contribution in [3.8, 4) is 0 Å². The number of benzene rings is 1. The number of nitrogens with one attached hydrogen (secondary N) is 2. The van der Waals surface area contributed by atoms with Crippen LogP contribution in [0.3, 0.4) is 0 Å². The molecule has 2 aromatic heterocycles. The molecular formula is C22H17BrN4O2S. The lowest BCUT2D eigenvalue weighted by atomic mass is 9.95. The Labute approximate surface area is 185 Å². The molecule has 5 rings (SSSR count). The molecule has 0 spiro atoms. The smallest absolute Gasteiger partial charge is 0.275 e. The summed E-state index contributed by atoms with van der Waals surface area (Å²) in [6.07, 6.45) is 7.20. The number of hydrogen-bond donors (Lipinski definition) is 2. The van der Waals surface area contributed by atoms with E-state index in [1.165, 1.54) is 16.2 Å². The number of aliphatic imine (C=N–C) groups is 1. The Bertz CT molecular complexity index is 1200. The Morgan fingerprint density at radius 2 is 2.10 bits per heavy atom. The van der Waals surface area contributed by atoms with Crippen molar-refractivity contribution in [2.24, 2.45) is 4.99 Å². The van der Waals surface area contributed by atoms with Crippen molar-refractivity contribution in [3.05, 3.63) is 68.8 Å². The Kier molecular flexibility index (Phi) is 4.96. The predicted molar refractivity (Wildman–Crippen MR) is 122 cm³/mol. The summed E-state index contributed by atoms with van der Waals surface area (Å²) >= 11 is 4.97. The van der Waals surface area contributed by atoms with Gasteiger partial charge in [-0.1, -0.05) is 15.9 Å². The molecule has 2 aliphatic rings. The van der Waals surface area contributed by atoms with Gasteiger partial charge in [-0.3, -0.25) is 14.6 Å². The summed E-state index contributed by atoms with van der Waals surface area (Å²) < 4.78 is 0.866. The van der Waals surface area contributed by atoms with Gasteiger partial charge < -0.3 is 10.6 Å². The number of halogens is 1. The molecule has 1 aromatic carbocycles. The van der Waals surface area contributed by atoms with Crippen LogP contribution in [0.4, 0.5) is 16.4 Å². The summed E-state index contributed by atoms with van der Waals surface area (Å²) in [5.74, 6) is -0.470. The lowest BCUT2D eigenvalue weighted by molar-refractivity contribution is -0.110. The van der Waals surface area contributed by atoms with E-state index in [0.29, 0.717) is 22.0 Å². The molecule has 1 aliphatic carbocycles. The number of hydrogen-bond acceptors (Lipinski definition) is 5. The molecule has 2 amide bonds.